The van der Waals surface area contributed by atoms with E-state index in [0.717, 1.165) is 0 Å². The van der Waals surface area contributed by atoms with Crippen LogP contribution in [0.1, 0.15) is 44.1 Å². The summed E-state index contributed by atoms with van der Waals surface area (Å²) in [5.41, 5.74) is -6.26. The lowest BCUT2D eigenvalue weighted by Crippen LogP contribution is -2.51. The quantitative estimate of drug-likeness (QED) is 0.394. The summed E-state index contributed by atoms with van der Waals surface area (Å²) in [5, 5.41) is 0. The maximum atomic E-state index is 14.5. The number of rotatable bonds is 8. The largest absolute Gasteiger partial charge is 0.511 e. The van der Waals surface area contributed by atoms with Gasteiger partial charge in [0.05, 0.1) is 0 Å². The molecule has 16 heteroatoms. The summed E-state index contributed by atoms with van der Waals surface area (Å²) in [7, 11) is -10.4. The van der Waals surface area contributed by atoms with E-state index in [1.807, 2.05) is 4.72 Å². The molecule has 1 aliphatic rings. The van der Waals surface area contributed by atoms with E-state index in [2.05, 4.69) is 0 Å². The number of hydrogen-bond acceptors (Lipinski definition) is 4. The first kappa shape index (κ1) is 27.7. The fourth-order valence-electron chi connectivity index (χ4n) is 3.65. The lowest BCUT2D eigenvalue weighted by molar-refractivity contribution is -0.135. The van der Waals surface area contributed by atoms with E-state index >= 15 is 0 Å². The second-order valence-electron chi connectivity index (χ2n) is 7.58. The minimum absolute atomic E-state index is 0.491. The Labute approximate surface area is 184 Å². The van der Waals surface area contributed by atoms with Gasteiger partial charge in [-0.1, -0.05) is 0 Å². The van der Waals surface area contributed by atoms with Gasteiger partial charge in [-0.2, -0.15) is 26.3 Å². The zero-order valence-corrected chi connectivity index (χ0v) is 18.4. The first-order valence-corrected chi connectivity index (χ1v) is 12.5. The van der Waals surface area contributed by atoms with Gasteiger partial charge in [-0.25, -0.2) is 35.1 Å². The highest BCUT2D eigenvalue weighted by molar-refractivity contribution is 7.90. The van der Waals surface area contributed by atoms with Gasteiger partial charge in [0, 0.05) is 24.6 Å². The topological polar surface area (TPSA) is 92.3 Å². The van der Waals surface area contributed by atoms with Crippen molar-refractivity contribution in [3.63, 3.8) is 0 Å². The summed E-state index contributed by atoms with van der Waals surface area (Å²) >= 11 is 0. The van der Waals surface area contributed by atoms with E-state index in [0.29, 0.717) is 18.2 Å². The Bertz CT molecular complexity index is 1050. The van der Waals surface area contributed by atoms with Crippen molar-refractivity contribution in [3.05, 3.63) is 35.4 Å². The van der Waals surface area contributed by atoms with E-state index in [4.69, 9.17) is 0 Å². The predicted molar refractivity (Wildman–Crippen MR) is 101 cm³/mol. The van der Waals surface area contributed by atoms with Crippen molar-refractivity contribution in [2.75, 3.05) is 6.54 Å². The zero-order valence-electron chi connectivity index (χ0n) is 16.7. The zero-order chi connectivity index (χ0) is 25.3. The monoisotopic (exact) mass is 532 g/mol. The second-order valence-corrected chi connectivity index (χ2v) is 11.4. The molecule has 0 radical (unpaired) electrons. The Morgan fingerprint density at radius 2 is 1.55 bits per heavy atom. The minimum Gasteiger partial charge on any atom is -0.214 e. The summed E-state index contributed by atoms with van der Waals surface area (Å²) in [4.78, 5) is 0. The number of alkyl halides is 6. The van der Waals surface area contributed by atoms with Gasteiger partial charge in [-0.05, 0) is 50.3 Å². The summed E-state index contributed by atoms with van der Waals surface area (Å²) in [6.07, 6.45) is -8.72. The highest BCUT2D eigenvalue weighted by atomic mass is 32.2. The number of sulfonamides is 2. The molecule has 0 bridgehead atoms. The van der Waals surface area contributed by atoms with Crippen molar-refractivity contribution in [3.8, 4) is 0 Å². The van der Waals surface area contributed by atoms with Crippen LogP contribution in [0.25, 0.3) is 0 Å². The Kier molecular flexibility index (Phi) is 8.08. The average molecular weight is 532 g/mol. The van der Waals surface area contributed by atoms with Crippen LogP contribution in [0.4, 0.5) is 35.1 Å². The van der Waals surface area contributed by atoms with E-state index in [9.17, 15) is 52.0 Å². The third-order valence-electron chi connectivity index (χ3n) is 5.28. The number of nitrogens with one attached hydrogen (secondary N) is 2. The fourth-order valence-corrected chi connectivity index (χ4v) is 6.37. The average Bonchev–Trinajstić information content (AvgIpc) is 2.66. The van der Waals surface area contributed by atoms with Crippen molar-refractivity contribution in [2.45, 2.75) is 61.0 Å². The van der Waals surface area contributed by atoms with Crippen molar-refractivity contribution in [1.29, 1.82) is 0 Å². The molecular weight excluding hydrogens is 512 g/mol. The fraction of sp³-hybridized carbons (Fsp3) is 0.647. The first-order valence-electron chi connectivity index (χ1n) is 9.50. The van der Waals surface area contributed by atoms with Crippen LogP contribution >= 0.6 is 0 Å². The van der Waals surface area contributed by atoms with E-state index < -0.39 is 105 Å². The predicted octanol–water partition coefficient (Wildman–Crippen LogP) is 3.80. The van der Waals surface area contributed by atoms with Crippen LogP contribution in [0.2, 0.25) is 0 Å². The third kappa shape index (κ3) is 6.54. The molecule has 2 N–H and O–H groups in total. The lowest BCUT2D eigenvalue weighted by Gasteiger charge is -2.40. The molecule has 0 atom stereocenters. The summed E-state index contributed by atoms with van der Waals surface area (Å²) in [6, 6.07) is 0.592. The van der Waals surface area contributed by atoms with Crippen molar-refractivity contribution in [1.82, 2.24) is 9.44 Å². The second kappa shape index (κ2) is 9.62. The van der Waals surface area contributed by atoms with Crippen LogP contribution in [-0.2, 0) is 24.8 Å². The van der Waals surface area contributed by atoms with Crippen molar-refractivity contribution < 1.29 is 52.0 Å². The van der Waals surface area contributed by atoms with Crippen LogP contribution in [0.15, 0.2) is 18.2 Å². The Balaban J connectivity index is 2.32. The van der Waals surface area contributed by atoms with Crippen LogP contribution in [0, 0.1) is 11.6 Å². The normalized spacial score (nSPS) is 23.0. The molecule has 1 fully saturated rings. The van der Waals surface area contributed by atoms with Gasteiger partial charge in [-0.3, -0.25) is 0 Å². The maximum Gasteiger partial charge on any atom is 0.511 e. The molecule has 190 valence electrons. The number of halogens is 8. The van der Waals surface area contributed by atoms with Crippen LogP contribution in [-0.4, -0.2) is 41.1 Å². The Hall–Kier alpha value is -1.52. The minimum atomic E-state index is -5.74. The molecule has 1 aromatic carbocycles. The molecule has 0 amide bonds. The molecule has 1 aromatic rings. The maximum absolute atomic E-state index is 14.5. The van der Waals surface area contributed by atoms with E-state index in [1.54, 1.807) is 0 Å². The molecule has 0 heterocycles. The van der Waals surface area contributed by atoms with Crippen molar-refractivity contribution >= 4 is 20.0 Å². The van der Waals surface area contributed by atoms with Crippen LogP contribution in [0.3, 0.4) is 0 Å². The molecule has 2 rings (SSSR count). The van der Waals surface area contributed by atoms with Gasteiger partial charge in [0.2, 0.25) is 10.0 Å². The van der Waals surface area contributed by atoms with Gasteiger partial charge < -0.3 is 0 Å². The molecule has 0 spiro atoms. The highest BCUT2D eigenvalue weighted by Crippen LogP contribution is 2.45. The number of hydrogen-bond donors (Lipinski definition) is 2. The SMILES string of the molecule is O=S(=O)(N[C@H]1CC[C@@](c2cc(F)ccc2F)(S(=O)(=O)NCCCC(F)(F)F)CC1)C(F)(F)F. The third-order valence-corrected chi connectivity index (χ3v) is 8.78. The van der Waals surface area contributed by atoms with E-state index in [1.165, 1.54) is 4.72 Å². The van der Waals surface area contributed by atoms with Gasteiger partial charge in [0.1, 0.15) is 16.4 Å². The number of benzene rings is 1. The van der Waals surface area contributed by atoms with E-state index in [-0.39, 0.29) is 0 Å². The summed E-state index contributed by atoms with van der Waals surface area (Å²) < 4.78 is 153. The van der Waals surface area contributed by atoms with Gasteiger partial charge >= 0.3 is 21.7 Å². The van der Waals surface area contributed by atoms with Gasteiger partial charge in [0.25, 0.3) is 0 Å². The molecule has 33 heavy (non-hydrogen) atoms. The lowest BCUT2D eigenvalue weighted by atomic mass is 9.81. The molecular formula is C17H20F8N2O4S2. The standard InChI is InChI=1S/C17H20F8N2O4S2/c18-11-2-3-14(19)13(10-11)15(32(28,29)26-9-1-6-16(20,21)22)7-4-12(5-8-15)27-33(30,31)17(23,24)25/h2-3,10,12,26-27H,1,4-9H2/t12-,15+. The Morgan fingerprint density at radius 3 is 2.06 bits per heavy atom. The molecule has 0 saturated heterocycles. The molecule has 0 aromatic heterocycles. The smallest absolute Gasteiger partial charge is 0.214 e. The molecule has 0 aliphatic heterocycles. The van der Waals surface area contributed by atoms with Crippen molar-refractivity contribution in [2.24, 2.45) is 0 Å². The van der Waals surface area contributed by atoms with Gasteiger partial charge in [0.15, 0.2) is 0 Å². The molecule has 1 saturated carbocycles. The van der Waals surface area contributed by atoms with Crippen LogP contribution < -0.4 is 9.44 Å². The molecule has 1 aliphatic carbocycles. The molecule has 6 nitrogen and oxygen atoms in total. The highest BCUT2D eigenvalue weighted by Gasteiger charge is 2.52. The first-order chi connectivity index (χ1) is 14.9. The summed E-state index contributed by atoms with van der Waals surface area (Å²) in [6.45, 7) is -0.676. The van der Waals surface area contributed by atoms with Gasteiger partial charge in [-0.15, -0.1) is 0 Å². The Morgan fingerprint density at radius 1 is 0.970 bits per heavy atom. The van der Waals surface area contributed by atoms with Crippen LogP contribution in [0.5, 0.6) is 0 Å². The molecule has 0 unspecified atom stereocenters. The summed E-state index contributed by atoms with van der Waals surface area (Å²) in [5.74, 6) is -2.16.